The van der Waals surface area contributed by atoms with Crippen LogP contribution in [-0.2, 0) is 9.53 Å². The molecule has 0 unspecified atom stereocenters. The maximum Gasteiger partial charge on any atom is 0.416 e. The number of hydrogen-bond donors (Lipinski definition) is 0. The topological polar surface area (TPSA) is 46.6 Å². The summed E-state index contributed by atoms with van der Waals surface area (Å²) in [5.74, 6) is -0.330. The van der Waals surface area contributed by atoms with E-state index in [1.165, 1.54) is 6.08 Å². The van der Waals surface area contributed by atoms with E-state index in [4.69, 9.17) is 0 Å². The van der Waals surface area contributed by atoms with Crippen LogP contribution in [0.15, 0.2) is 22.9 Å². The van der Waals surface area contributed by atoms with Crippen molar-refractivity contribution >= 4 is 29.4 Å². The highest BCUT2D eigenvalue weighted by atomic mass is 32.1. The number of imide groups is 1. The van der Waals surface area contributed by atoms with E-state index < -0.39 is 6.09 Å². The van der Waals surface area contributed by atoms with Gasteiger partial charge in [0.25, 0.3) is 5.91 Å². The molecule has 0 N–H and O–H groups in total. The van der Waals surface area contributed by atoms with Crippen molar-refractivity contribution in [2.24, 2.45) is 0 Å². The van der Waals surface area contributed by atoms with Gasteiger partial charge in [-0.3, -0.25) is 4.79 Å². The lowest BCUT2D eigenvalue weighted by Crippen LogP contribution is -2.29. The van der Waals surface area contributed by atoms with E-state index >= 15 is 0 Å². The summed E-state index contributed by atoms with van der Waals surface area (Å²) in [6, 6.07) is 1.90. The Morgan fingerprint density at radius 1 is 1.60 bits per heavy atom. The molecule has 0 aliphatic carbocycles. The predicted octanol–water partition coefficient (Wildman–Crippen LogP) is 1.74. The molecule has 78 valence electrons. The van der Waals surface area contributed by atoms with Gasteiger partial charge in [0.15, 0.2) is 0 Å². The standard InChI is InChI=1S/C10H9NO3S/c12-9(11-4-5-14-10(11)13)2-1-8-3-6-15-7-8/h1-3,6-7H,4-5H2/b2-1+. The smallest absolute Gasteiger partial charge is 0.416 e. The summed E-state index contributed by atoms with van der Waals surface area (Å²) in [6.07, 6.45) is 2.51. The Bertz CT molecular complexity index is 397. The van der Waals surface area contributed by atoms with Gasteiger partial charge in [0.2, 0.25) is 0 Å². The molecule has 0 atom stereocenters. The highest BCUT2D eigenvalue weighted by Crippen LogP contribution is 2.09. The van der Waals surface area contributed by atoms with Crippen molar-refractivity contribution in [2.45, 2.75) is 0 Å². The van der Waals surface area contributed by atoms with E-state index in [0.29, 0.717) is 6.54 Å². The summed E-state index contributed by atoms with van der Waals surface area (Å²) in [5, 5.41) is 3.85. The third-order valence-electron chi connectivity index (χ3n) is 1.99. The fourth-order valence-corrected chi connectivity index (χ4v) is 1.85. The van der Waals surface area contributed by atoms with E-state index in [-0.39, 0.29) is 12.5 Å². The van der Waals surface area contributed by atoms with Crippen molar-refractivity contribution in [1.82, 2.24) is 4.90 Å². The van der Waals surface area contributed by atoms with E-state index in [1.54, 1.807) is 17.4 Å². The predicted molar refractivity (Wildman–Crippen MR) is 56.4 cm³/mol. The zero-order chi connectivity index (χ0) is 10.7. The second-order valence-electron chi connectivity index (χ2n) is 2.99. The average Bonchev–Trinajstić information content (AvgIpc) is 2.84. The molecule has 5 heteroatoms. The van der Waals surface area contributed by atoms with Gasteiger partial charge in [0, 0.05) is 6.08 Å². The Labute approximate surface area is 90.8 Å². The molecule has 4 nitrogen and oxygen atoms in total. The molecule has 0 saturated carbocycles. The first-order valence-electron chi connectivity index (χ1n) is 4.46. The molecule has 0 aromatic carbocycles. The first kappa shape index (κ1) is 9.92. The van der Waals surface area contributed by atoms with Crippen LogP contribution in [0.5, 0.6) is 0 Å². The molecular weight excluding hydrogens is 214 g/mol. The quantitative estimate of drug-likeness (QED) is 0.717. The van der Waals surface area contributed by atoms with Crippen molar-refractivity contribution in [1.29, 1.82) is 0 Å². The van der Waals surface area contributed by atoms with Gasteiger partial charge in [-0.25, -0.2) is 9.69 Å². The summed E-state index contributed by atoms with van der Waals surface area (Å²) in [4.78, 5) is 23.6. The van der Waals surface area contributed by atoms with Crippen LogP contribution in [0, 0.1) is 0 Å². The summed E-state index contributed by atoms with van der Waals surface area (Å²) in [5.41, 5.74) is 0.959. The molecule has 0 spiro atoms. The maximum atomic E-state index is 11.5. The highest BCUT2D eigenvalue weighted by Gasteiger charge is 2.26. The molecule has 2 amide bonds. The number of carbonyl (C=O) groups excluding carboxylic acids is 2. The van der Waals surface area contributed by atoms with Crippen LogP contribution in [0.1, 0.15) is 5.56 Å². The SMILES string of the molecule is O=C(/C=C/c1ccsc1)N1CCOC1=O. The second kappa shape index (κ2) is 4.27. The maximum absolute atomic E-state index is 11.5. The van der Waals surface area contributed by atoms with Gasteiger partial charge in [-0.15, -0.1) is 0 Å². The summed E-state index contributed by atoms with van der Waals surface area (Å²) in [6.45, 7) is 0.627. The first-order valence-corrected chi connectivity index (χ1v) is 5.40. The minimum atomic E-state index is -0.560. The number of cyclic esters (lactones) is 1. The zero-order valence-corrected chi connectivity index (χ0v) is 8.70. The van der Waals surface area contributed by atoms with Gasteiger partial charge >= 0.3 is 6.09 Å². The van der Waals surface area contributed by atoms with Crippen LogP contribution in [0.25, 0.3) is 6.08 Å². The van der Waals surface area contributed by atoms with Crippen LogP contribution in [0.3, 0.4) is 0 Å². The normalized spacial score (nSPS) is 16.0. The van der Waals surface area contributed by atoms with Gasteiger partial charge in [-0.2, -0.15) is 11.3 Å². The number of hydrogen-bond acceptors (Lipinski definition) is 4. The minimum Gasteiger partial charge on any atom is -0.447 e. The van der Waals surface area contributed by atoms with E-state index in [9.17, 15) is 9.59 Å². The van der Waals surface area contributed by atoms with Crippen molar-refractivity contribution in [3.05, 3.63) is 28.5 Å². The Kier molecular flexibility index (Phi) is 2.82. The minimum absolute atomic E-state index is 0.289. The van der Waals surface area contributed by atoms with Gasteiger partial charge < -0.3 is 4.74 Å². The zero-order valence-electron chi connectivity index (χ0n) is 7.88. The van der Waals surface area contributed by atoms with E-state index in [0.717, 1.165) is 10.5 Å². The largest absolute Gasteiger partial charge is 0.447 e. The molecule has 15 heavy (non-hydrogen) atoms. The lowest BCUT2D eigenvalue weighted by Gasteiger charge is -2.05. The Morgan fingerprint density at radius 3 is 3.07 bits per heavy atom. The number of amides is 2. The third-order valence-corrected chi connectivity index (χ3v) is 2.69. The van der Waals surface area contributed by atoms with Crippen molar-refractivity contribution < 1.29 is 14.3 Å². The highest BCUT2D eigenvalue weighted by molar-refractivity contribution is 7.08. The lowest BCUT2D eigenvalue weighted by atomic mass is 10.3. The van der Waals surface area contributed by atoms with Gasteiger partial charge in [0.1, 0.15) is 6.61 Å². The van der Waals surface area contributed by atoms with Gasteiger partial charge in [-0.1, -0.05) is 0 Å². The fourth-order valence-electron chi connectivity index (χ4n) is 1.22. The van der Waals surface area contributed by atoms with Crippen LogP contribution in [-0.4, -0.2) is 30.1 Å². The Morgan fingerprint density at radius 2 is 2.47 bits per heavy atom. The molecule has 0 bridgehead atoms. The van der Waals surface area contributed by atoms with E-state index in [1.807, 2.05) is 16.8 Å². The molecule has 0 radical (unpaired) electrons. The first-order chi connectivity index (χ1) is 7.27. The molecule has 1 aromatic rings. The number of thiophene rings is 1. The number of carbonyl (C=O) groups is 2. The molecule has 1 aliphatic heterocycles. The fraction of sp³-hybridized carbons (Fsp3) is 0.200. The number of rotatable bonds is 2. The van der Waals surface area contributed by atoms with Crippen LogP contribution >= 0.6 is 11.3 Å². The lowest BCUT2D eigenvalue weighted by molar-refractivity contribution is -0.122. The van der Waals surface area contributed by atoms with Crippen molar-refractivity contribution in [3.63, 3.8) is 0 Å². The molecule has 1 fully saturated rings. The summed E-state index contributed by atoms with van der Waals surface area (Å²) >= 11 is 1.56. The van der Waals surface area contributed by atoms with Crippen molar-refractivity contribution in [2.75, 3.05) is 13.2 Å². The Hall–Kier alpha value is -1.62. The molecule has 1 aliphatic rings. The number of ether oxygens (including phenoxy) is 1. The second-order valence-corrected chi connectivity index (χ2v) is 3.77. The molecule has 1 aromatic heterocycles. The van der Waals surface area contributed by atoms with E-state index in [2.05, 4.69) is 4.74 Å². The van der Waals surface area contributed by atoms with Crippen LogP contribution in [0.4, 0.5) is 4.79 Å². The Balaban J connectivity index is 2.00. The summed E-state index contributed by atoms with van der Waals surface area (Å²) < 4.78 is 4.66. The van der Waals surface area contributed by atoms with Gasteiger partial charge in [0.05, 0.1) is 6.54 Å². The monoisotopic (exact) mass is 223 g/mol. The molecule has 2 rings (SSSR count). The van der Waals surface area contributed by atoms with Crippen LogP contribution in [0.2, 0.25) is 0 Å². The molecular formula is C10H9NO3S. The van der Waals surface area contributed by atoms with Gasteiger partial charge in [-0.05, 0) is 28.5 Å². The summed E-state index contributed by atoms with van der Waals surface area (Å²) in [7, 11) is 0. The number of nitrogens with zero attached hydrogens (tertiary/aromatic N) is 1. The average molecular weight is 223 g/mol. The third kappa shape index (κ3) is 2.24. The van der Waals surface area contributed by atoms with Crippen molar-refractivity contribution in [3.8, 4) is 0 Å². The molecule has 2 heterocycles. The molecule has 1 saturated heterocycles. The van der Waals surface area contributed by atoms with Crippen LogP contribution < -0.4 is 0 Å².